The molecule has 0 saturated heterocycles. The maximum Gasteiger partial charge on any atom is 0.123 e. The maximum absolute atomic E-state index is 13.4. The molecule has 0 spiro atoms. The highest BCUT2D eigenvalue weighted by atomic mass is 19.1. The minimum absolute atomic E-state index is 0.164. The molecular formula is C16H27FN2. The third-order valence-electron chi connectivity index (χ3n) is 2.96. The van der Waals surface area contributed by atoms with Crippen molar-refractivity contribution in [2.45, 2.75) is 34.2 Å². The van der Waals surface area contributed by atoms with Gasteiger partial charge in [-0.05, 0) is 42.1 Å². The molecule has 0 fully saturated rings. The van der Waals surface area contributed by atoms with E-state index in [-0.39, 0.29) is 5.82 Å². The molecule has 0 heterocycles. The molecule has 1 N–H and O–H groups in total. The van der Waals surface area contributed by atoms with E-state index in [0.717, 1.165) is 24.3 Å². The van der Waals surface area contributed by atoms with Crippen LogP contribution in [0.5, 0.6) is 0 Å². The van der Waals surface area contributed by atoms with E-state index in [9.17, 15) is 4.39 Å². The Morgan fingerprint density at radius 2 is 1.84 bits per heavy atom. The molecule has 1 rings (SSSR count). The summed E-state index contributed by atoms with van der Waals surface area (Å²) in [6, 6.07) is 5.06. The van der Waals surface area contributed by atoms with Gasteiger partial charge in [-0.3, -0.25) is 0 Å². The second kappa shape index (κ2) is 7.49. The van der Waals surface area contributed by atoms with E-state index in [2.05, 4.69) is 45.0 Å². The van der Waals surface area contributed by atoms with Crippen LogP contribution in [0, 0.1) is 17.7 Å². The number of hydrogen-bond donors (Lipinski definition) is 1. The normalized spacial score (nSPS) is 11.4. The van der Waals surface area contributed by atoms with Gasteiger partial charge in [0, 0.05) is 25.8 Å². The molecule has 0 saturated carbocycles. The summed E-state index contributed by atoms with van der Waals surface area (Å²) >= 11 is 0. The van der Waals surface area contributed by atoms with Gasteiger partial charge in [0.05, 0.1) is 0 Å². The molecule has 0 radical (unpaired) electrons. The molecule has 1 aromatic carbocycles. The minimum Gasteiger partial charge on any atom is -0.374 e. The maximum atomic E-state index is 13.4. The van der Waals surface area contributed by atoms with E-state index in [1.54, 1.807) is 6.07 Å². The molecule has 0 aliphatic rings. The number of anilines is 1. The van der Waals surface area contributed by atoms with Gasteiger partial charge in [0.2, 0.25) is 0 Å². The standard InChI is InChI=1S/C16H27FN2/c1-12(2)9-18-10-14-8-15(17)6-7-16(14)19(5)11-13(3)4/h6-8,12-13,18H,9-11H2,1-5H3. The third kappa shape index (κ3) is 5.60. The van der Waals surface area contributed by atoms with Gasteiger partial charge in [-0.2, -0.15) is 0 Å². The van der Waals surface area contributed by atoms with Crippen molar-refractivity contribution in [3.05, 3.63) is 29.6 Å². The molecule has 0 aromatic heterocycles. The fraction of sp³-hybridized carbons (Fsp3) is 0.625. The summed E-state index contributed by atoms with van der Waals surface area (Å²) in [5.41, 5.74) is 2.15. The summed E-state index contributed by atoms with van der Waals surface area (Å²) in [6.07, 6.45) is 0. The lowest BCUT2D eigenvalue weighted by molar-refractivity contribution is 0.549. The zero-order valence-corrected chi connectivity index (χ0v) is 12.8. The largest absolute Gasteiger partial charge is 0.374 e. The van der Waals surface area contributed by atoms with Crippen LogP contribution < -0.4 is 10.2 Å². The summed E-state index contributed by atoms with van der Waals surface area (Å²) in [6.45, 7) is 11.4. The van der Waals surface area contributed by atoms with E-state index in [1.165, 1.54) is 6.07 Å². The molecule has 2 nitrogen and oxygen atoms in total. The van der Waals surface area contributed by atoms with Crippen molar-refractivity contribution in [2.75, 3.05) is 25.0 Å². The zero-order chi connectivity index (χ0) is 14.4. The van der Waals surface area contributed by atoms with Gasteiger partial charge in [-0.1, -0.05) is 27.7 Å². The Morgan fingerprint density at radius 3 is 2.42 bits per heavy atom. The van der Waals surface area contributed by atoms with Crippen molar-refractivity contribution in [1.82, 2.24) is 5.32 Å². The summed E-state index contributed by atoms with van der Waals surface area (Å²) < 4.78 is 13.4. The van der Waals surface area contributed by atoms with Crippen LogP contribution in [0.1, 0.15) is 33.3 Å². The first-order valence-corrected chi connectivity index (χ1v) is 7.10. The Bertz CT molecular complexity index is 388. The van der Waals surface area contributed by atoms with E-state index in [1.807, 2.05) is 6.07 Å². The van der Waals surface area contributed by atoms with Gasteiger partial charge >= 0.3 is 0 Å². The number of benzene rings is 1. The molecule has 108 valence electrons. The average molecular weight is 266 g/mol. The van der Waals surface area contributed by atoms with Crippen molar-refractivity contribution in [1.29, 1.82) is 0 Å². The third-order valence-corrected chi connectivity index (χ3v) is 2.96. The summed E-state index contributed by atoms with van der Waals surface area (Å²) in [4.78, 5) is 2.20. The SMILES string of the molecule is CC(C)CNCc1cc(F)ccc1N(C)CC(C)C. The number of hydrogen-bond acceptors (Lipinski definition) is 2. The van der Waals surface area contributed by atoms with E-state index in [4.69, 9.17) is 0 Å². The van der Waals surface area contributed by atoms with Crippen molar-refractivity contribution >= 4 is 5.69 Å². The van der Waals surface area contributed by atoms with Crippen LogP contribution in [0.25, 0.3) is 0 Å². The fourth-order valence-corrected chi connectivity index (χ4v) is 2.21. The van der Waals surface area contributed by atoms with Crippen LogP contribution in [0.3, 0.4) is 0 Å². The molecule has 3 heteroatoms. The van der Waals surface area contributed by atoms with Gasteiger partial charge in [0.15, 0.2) is 0 Å². The Labute approximate surface area is 117 Å². The first kappa shape index (κ1) is 16.0. The summed E-state index contributed by atoms with van der Waals surface area (Å²) in [5, 5.41) is 3.38. The topological polar surface area (TPSA) is 15.3 Å². The zero-order valence-electron chi connectivity index (χ0n) is 12.8. The number of halogens is 1. The summed E-state index contributed by atoms with van der Waals surface area (Å²) in [7, 11) is 2.07. The van der Waals surface area contributed by atoms with Crippen LogP contribution in [0.15, 0.2) is 18.2 Å². The predicted molar refractivity (Wildman–Crippen MR) is 81.1 cm³/mol. The quantitative estimate of drug-likeness (QED) is 0.810. The van der Waals surface area contributed by atoms with E-state index < -0.39 is 0 Å². The monoisotopic (exact) mass is 266 g/mol. The van der Waals surface area contributed by atoms with Crippen molar-refractivity contribution in [2.24, 2.45) is 11.8 Å². The van der Waals surface area contributed by atoms with Crippen molar-refractivity contribution in [3.63, 3.8) is 0 Å². The second-order valence-electron chi connectivity index (χ2n) is 6.07. The molecule has 0 aliphatic heterocycles. The average Bonchev–Trinajstić information content (AvgIpc) is 2.27. The molecule has 0 atom stereocenters. The van der Waals surface area contributed by atoms with Gasteiger partial charge < -0.3 is 10.2 Å². The lowest BCUT2D eigenvalue weighted by atomic mass is 10.1. The molecule has 0 aliphatic carbocycles. The first-order chi connectivity index (χ1) is 8.90. The molecule has 0 amide bonds. The number of nitrogens with zero attached hydrogens (tertiary/aromatic N) is 1. The molecule has 1 aromatic rings. The minimum atomic E-state index is -0.164. The molecule has 19 heavy (non-hydrogen) atoms. The molecular weight excluding hydrogens is 239 g/mol. The Balaban J connectivity index is 2.79. The first-order valence-electron chi connectivity index (χ1n) is 7.10. The van der Waals surface area contributed by atoms with E-state index in [0.29, 0.717) is 18.4 Å². The lowest BCUT2D eigenvalue weighted by Gasteiger charge is -2.24. The van der Waals surface area contributed by atoms with Crippen molar-refractivity contribution in [3.8, 4) is 0 Å². The highest BCUT2D eigenvalue weighted by molar-refractivity contribution is 5.53. The summed E-state index contributed by atoms with van der Waals surface area (Å²) in [5.74, 6) is 1.03. The predicted octanol–water partition coefficient (Wildman–Crippen LogP) is 3.66. The van der Waals surface area contributed by atoms with Crippen molar-refractivity contribution < 1.29 is 4.39 Å². The molecule has 0 unspecified atom stereocenters. The van der Waals surface area contributed by atoms with Crippen LogP contribution in [-0.2, 0) is 6.54 Å². The second-order valence-corrected chi connectivity index (χ2v) is 6.07. The van der Waals surface area contributed by atoms with Gasteiger partial charge in [-0.15, -0.1) is 0 Å². The van der Waals surface area contributed by atoms with Gasteiger partial charge in [0.25, 0.3) is 0 Å². The Hall–Kier alpha value is -1.09. The smallest absolute Gasteiger partial charge is 0.123 e. The Kier molecular flexibility index (Phi) is 6.29. The van der Waals surface area contributed by atoms with Crippen LogP contribution >= 0.6 is 0 Å². The lowest BCUT2D eigenvalue weighted by Crippen LogP contribution is -2.26. The van der Waals surface area contributed by atoms with Crippen LogP contribution in [-0.4, -0.2) is 20.1 Å². The number of nitrogens with one attached hydrogen (secondary N) is 1. The van der Waals surface area contributed by atoms with E-state index >= 15 is 0 Å². The van der Waals surface area contributed by atoms with Gasteiger partial charge in [0.1, 0.15) is 5.82 Å². The van der Waals surface area contributed by atoms with Crippen LogP contribution in [0.4, 0.5) is 10.1 Å². The fourth-order valence-electron chi connectivity index (χ4n) is 2.21. The Morgan fingerprint density at radius 1 is 1.16 bits per heavy atom. The van der Waals surface area contributed by atoms with Crippen LogP contribution in [0.2, 0.25) is 0 Å². The van der Waals surface area contributed by atoms with Gasteiger partial charge in [-0.25, -0.2) is 4.39 Å². The highest BCUT2D eigenvalue weighted by Crippen LogP contribution is 2.21. The highest BCUT2D eigenvalue weighted by Gasteiger charge is 2.10. The molecule has 0 bridgehead atoms. The number of rotatable bonds is 7.